The van der Waals surface area contributed by atoms with Crippen LogP contribution in [0, 0.1) is 17.7 Å². The zero-order valence-electron chi connectivity index (χ0n) is 9.76. The number of pyridine rings is 1. The Kier molecular flexibility index (Phi) is 5.52. The predicted octanol–water partition coefficient (Wildman–Crippen LogP) is 2.67. The van der Waals surface area contributed by atoms with Crippen molar-refractivity contribution < 1.29 is 4.39 Å². The number of hydrogen-bond donors (Lipinski definition) is 1. The van der Waals surface area contributed by atoms with E-state index < -0.39 is 0 Å². The molecule has 0 aromatic carbocycles. The summed E-state index contributed by atoms with van der Waals surface area (Å²) in [6.45, 7) is 4.83. The van der Waals surface area contributed by atoms with E-state index in [-0.39, 0.29) is 11.9 Å². The van der Waals surface area contributed by atoms with Gasteiger partial charge in [0.25, 0.3) is 0 Å². The molecule has 0 saturated carbocycles. The molecule has 1 rings (SSSR count). The van der Waals surface area contributed by atoms with Crippen molar-refractivity contribution in [2.24, 2.45) is 0 Å². The Balaban J connectivity index is 2.72. The summed E-state index contributed by atoms with van der Waals surface area (Å²) in [5, 5.41) is 3.35. The van der Waals surface area contributed by atoms with Crippen LogP contribution in [-0.4, -0.2) is 11.5 Å². The Hall–Kier alpha value is -1.40. The first-order chi connectivity index (χ1) is 7.77. The summed E-state index contributed by atoms with van der Waals surface area (Å²) in [5.41, 5.74) is 0.845. The Morgan fingerprint density at radius 1 is 1.50 bits per heavy atom. The highest BCUT2D eigenvalue weighted by atomic mass is 19.1. The van der Waals surface area contributed by atoms with Gasteiger partial charge in [0, 0.05) is 6.42 Å². The number of nitrogens with one attached hydrogen (secondary N) is 1. The van der Waals surface area contributed by atoms with Crippen LogP contribution in [0.1, 0.15) is 38.4 Å². The molecule has 0 amide bonds. The minimum absolute atomic E-state index is 0.0907. The van der Waals surface area contributed by atoms with Crippen LogP contribution in [0.15, 0.2) is 18.3 Å². The Bertz CT molecular complexity index is 362. The van der Waals surface area contributed by atoms with Gasteiger partial charge in [-0.05, 0) is 32.0 Å². The van der Waals surface area contributed by atoms with Gasteiger partial charge in [-0.1, -0.05) is 6.92 Å². The fraction of sp³-hybridized carbons (Fsp3) is 0.462. The maximum atomic E-state index is 12.7. The highest BCUT2D eigenvalue weighted by molar-refractivity contribution is 5.13. The second-order valence-corrected chi connectivity index (χ2v) is 3.54. The van der Waals surface area contributed by atoms with E-state index in [1.165, 1.54) is 12.3 Å². The van der Waals surface area contributed by atoms with Crippen molar-refractivity contribution in [3.05, 3.63) is 29.8 Å². The fourth-order valence-electron chi connectivity index (χ4n) is 1.40. The minimum Gasteiger partial charge on any atom is -0.308 e. The molecule has 86 valence electrons. The quantitative estimate of drug-likeness (QED) is 0.772. The molecule has 1 unspecified atom stereocenters. The molecule has 0 aliphatic carbocycles. The van der Waals surface area contributed by atoms with Crippen LogP contribution >= 0.6 is 0 Å². The molecule has 16 heavy (non-hydrogen) atoms. The topological polar surface area (TPSA) is 24.9 Å². The highest BCUT2D eigenvalue weighted by Gasteiger charge is 2.10. The van der Waals surface area contributed by atoms with Gasteiger partial charge in [-0.3, -0.25) is 4.98 Å². The molecule has 1 aromatic heterocycles. The van der Waals surface area contributed by atoms with Crippen molar-refractivity contribution >= 4 is 0 Å². The van der Waals surface area contributed by atoms with E-state index in [1.54, 1.807) is 6.07 Å². The van der Waals surface area contributed by atoms with Gasteiger partial charge in [-0.2, -0.15) is 0 Å². The number of nitrogens with zero attached hydrogens (tertiary/aromatic N) is 1. The van der Waals surface area contributed by atoms with Gasteiger partial charge in [-0.15, -0.1) is 11.8 Å². The molecule has 0 aliphatic heterocycles. The third kappa shape index (κ3) is 4.00. The largest absolute Gasteiger partial charge is 0.308 e. The van der Waals surface area contributed by atoms with Gasteiger partial charge in [-0.25, -0.2) is 4.39 Å². The van der Waals surface area contributed by atoms with Crippen molar-refractivity contribution in [3.63, 3.8) is 0 Å². The highest BCUT2D eigenvalue weighted by Crippen LogP contribution is 2.13. The first-order valence-corrected chi connectivity index (χ1v) is 5.52. The number of rotatable bonds is 5. The molecule has 1 atom stereocenters. The summed E-state index contributed by atoms with van der Waals surface area (Å²) in [4.78, 5) is 4.08. The van der Waals surface area contributed by atoms with Crippen molar-refractivity contribution in [2.45, 2.75) is 32.7 Å². The van der Waals surface area contributed by atoms with Crippen LogP contribution in [0.25, 0.3) is 0 Å². The molecule has 2 nitrogen and oxygen atoms in total. The van der Waals surface area contributed by atoms with E-state index in [2.05, 4.69) is 29.1 Å². The first kappa shape index (κ1) is 12.7. The Morgan fingerprint density at radius 2 is 2.31 bits per heavy atom. The van der Waals surface area contributed by atoms with Gasteiger partial charge in [0.15, 0.2) is 0 Å². The van der Waals surface area contributed by atoms with Crippen LogP contribution in [-0.2, 0) is 0 Å². The van der Waals surface area contributed by atoms with Gasteiger partial charge < -0.3 is 5.32 Å². The van der Waals surface area contributed by atoms with Crippen LogP contribution in [0.2, 0.25) is 0 Å². The normalized spacial score (nSPS) is 11.7. The molecule has 0 radical (unpaired) electrons. The number of aromatic nitrogens is 1. The Morgan fingerprint density at radius 3 is 2.88 bits per heavy atom. The second kappa shape index (κ2) is 6.97. The molecular formula is C13H17FN2. The van der Waals surface area contributed by atoms with E-state index in [0.29, 0.717) is 6.42 Å². The summed E-state index contributed by atoms with van der Waals surface area (Å²) in [6.07, 6.45) is 3.00. The fourth-order valence-corrected chi connectivity index (χ4v) is 1.40. The molecule has 1 N–H and O–H groups in total. The van der Waals surface area contributed by atoms with Gasteiger partial charge in [0.1, 0.15) is 5.82 Å². The molecule has 3 heteroatoms. The average Bonchev–Trinajstić information content (AvgIpc) is 2.31. The number of hydrogen-bond acceptors (Lipinski definition) is 2. The third-order valence-corrected chi connectivity index (χ3v) is 2.23. The van der Waals surface area contributed by atoms with Crippen LogP contribution in [0.4, 0.5) is 4.39 Å². The first-order valence-electron chi connectivity index (χ1n) is 5.52. The summed E-state index contributed by atoms with van der Waals surface area (Å²) in [5.74, 6) is 5.58. The van der Waals surface area contributed by atoms with Crippen molar-refractivity contribution in [1.82, 2.24) is 10.3 Å². The maximum Gasteiger partial charge on any atom is 0.141 e. The van der Waals surface area contributed by atoms with Crippen molar-refractivity contribution in [2.75, 3.05) is 6.54 Å². The van der Waals surface area contributed by atoms with Gasteiger partial charge in [0.2, 0.25) is 0 Å². The van der Waals surface area contributed by atoms with Crippen LogP contribution < -0.4 is 5.32 Å². The predicted molar refractivity (Wildman–Crippen MR) is 63.3 cm³/mol. The maximum absolute atomic E-state index is 12.7. The van der Waals surface area contributed by atoms with Crippen LogP contribution in [0.5, 0.6) is 0 Å². The zero-order chi connectivity index (χ0) is 11.8. The molecule has 0 aliphatic rings. The van der Waals surface area contributed by atoms with E-state index in [9.17, 15) is 4.39 Å². The summed E-state index contributed by atoms with van der Waals surface area (Å²) in [6, 6.07) is 3.23. The third-order valence-electron chi connectivity index (χ3n) is 2.23. The summed E-state index contributed by atoms with van der Waals surface area (Å²) >= 11 is 0. The van der Waals surface area contributed by atoms with E-state index in [4.69, 9.17) is 0 Å². The van der Waals surface area contributed by atoms with Crippen LogP contribution in [0.3, 0.4) is 0 Å². The SMILES string of the molecule is CC#CCC(NCCC)c1ccc(F)cn1. The van der Waals surface area contributed by atoms with Crippen molar-refractivity contribution in [1.29, 1.82) is 0 Å². The van der Waals surface area contributed by atoms with Crippen molar-refractivity contribution in [3.8, 4) is 11.8 Å². The van der Waals surface area contributed by atoms with E-state index in [1.807, 2.05) is 6.92 Å². The molecule has 0 fully saturated rings. The molecule has 0 spiro atoms. The minimum atomic E-state index is -0.306. The lowest BCUT2D eigenvalue weighted by Crippen LogP contribution is -2.22. The molecule has 1 aromatic rings. The lowest BCUT2D eigenvalue weighted by molar-refractivity contribution is 0.526. The lowest BCUT2D eigenvalue weighted by Gasteiger charge is -2.15. The average molecular weight is 220 g/mol. The summed E-state index contributed by atoms with van der Waals surface area (Å²) in [7, 11) is 0. The standard InChI is InChI=1S/C13H17FN2/c1-3-5-6-12(15-9-4-2)13-8-7-11(14)10-16-13/h7-8,10,12,15H,4,6,9H2,1-2H3. The molecular weight excluding hydrogens is 203 g/mol. The smallest absolute Gasteiger partial charge is 0.141 e. The Labute approximate surface area is 96.3 Å². The zero-order valence-corrected chi connectivity index (χ0v) is 9.76. The summed E-state index contributed by atoms with van der Waals surface area (Å²) < 4.78 is 12.7. The molecule has 0 saturated heterocycles. The van der Waals surface area contributed by atoms with E-state index >= 15 is 0 Å². The molecule has 0 bridgehead atoms. The lowest BCUT2D eigenvalue weighted by atomic mass is 10.1. The second-order valence-electron chi connectivity index (χ2n) is 3.54. The molecule has 1 heterocycles. The number of halogens is 1. The van der Waals surface area contributed by atoms with Gasteiger partial charge in [0.05, 0.1) is 17.9 Å². The monoisotopic (exact) mass is 220 g/mol. The van der Waals surface area contributed by atoms with Gasteiger partial charge >= 0.3 is 0 Å². The van der Waals surface area contributed by atoms with E-state index in [0.717, 1.165) is 18.7 Å².